The number of benzene rings is 1. The first-order chi connectivity index (χ1) is 8.27. The Morgan fingerprint density at radius 2 is 2.12 bits per heavy atom. The lowest BCUT2D eigenvalue weighted by Crippen LogP contribution is -2.20. The molecule has 2 aromatic rings. The molecular formula is C12H16N4O. The van der Waals surface area contributed by atoms with Crippen molar-refractivity contribution in [2.75, 3.05) is 6.61 Å². The van der Waals surface area contributed by atoms with Crippen LogP contribution in [0, 0.1) is 0 Å². The molecule has 5 heteroatoms. The van der Waals surface area contributed by atoms with Gasteiger partial charge in [0, 0.05) is 7.05 Å². The Balaban J connectivity index is 1.81. The van der Waals surface area contributed by atoms with Crippen molar-refractivity contribution in [3.05, 3.63) is 48.0 Å². The van der Waals surface area contributed by atoms with E-state index in [0.29, 0.717) is 13.2 Å². The van der Waals surface area contributed by atoms with Crippen molar-refractivity contribution in [3.8, 4) is 0 Å². The number of aromatic nitrogens is 3. The standard InChI is InChI=1S/C12H16N4O/c1-16-9-14-15-12(16)11(13)8-17-7-10-5-3-2-4-6-10/h2-6,9,11H,7-8,13H2,1H3. The van der Waals surface area contributed by atoms with Crippen LogP contribution in [0.1, 0.15) is 17.4 Å². The van der Waals surface area contributed by atoms with Crippen LogP contribution in [0.5, 0.6) is 0 Å². The Hall–Kier alpha value is -1.72. The van der Waals surface area contributed by atoms with Crippen LogP contribution >= 0.6 is 0 Å². The Kier molecular flexibility index (Phi) is 3.85. The number of ether oxygens (including phenoxy) is 1. The molecule has 0 amide bonds. The van der Waals surface area contributed by atoms with Crippen LogP contribution in [-0.4, -0.2) is 21.4 Å². The third-order valence-corrected chi connectivity index (χ3v) is 2.49. The fraction of sp³-hybridized carbons (Fsp3) is 0.333. The summed E-state index contributed by atoms with van der Waals surface area (Å²) in [6.07, 6.45) is 1.63. The molecule has 0 saturated carbocycles. The number of rotatable bonds is 5. The number of nitrogens with two attached hydrogens (primary N) is 1. The summed E-state index contributed by atoms with van der Waals surface area (Å²) in [5.74, 6) is 0.734. The molecule has 0 fully saturated rings. The van der Waals surface area contributed by atoms with E-state index in [1.54, 1.807) is 10.9 Å². The minimum atomic E-state index is -0.244. The fourth-order valence-corrected chi connectivity index (χ4v) is 1.58. The third-order valence-electron chi connectivity index (χ3n) is 2.49. The van der Waals surface area contributed by atoms with Crippen LogP contribution in [-0.2, 0) is 18.4 Å². The first kappa shape index (κ1) is 11.8. The normalized spacial score (nSPS) is 12.6. The van der Waals surface area contributed by atoms with E-state index in [-0.39, 0.29) is 6.04 Å². The molecule has 2 N–H and O–H groups in total. The summed E-state index contributed by atoms with van der Waals surface area (Å²) in [5, 5.41) is 7.74. The van der Waals surface area contributed by atoms with Gasteiger partial charge in [0.05, 0.1) is 19.3 Å². The van der Waals surface area contributed by atoms with Crippen molar-refractivity contribution in [1.82, 2.24) is 14.8 Å². The van der Waals surface area contributed by atoms with Gasteiger partial charge in [-0.2, -0.15) is 0 Å². The van der Waals surface area contributed by atoms with Gasteiger partial charge in [0.25, 0.3) is 0 Å². The van der Waals surface area contributed by atoms with Gasteiger partial charge in [-0.05, 0) is 5.56 Å². The molecule has 1 atom stereocenters. The average Bonchev–Trinajstić information content (AvgIpc) is 2.77. The average molecular weight is 232 g/mol. The number of hydrogen-bond acceptors (Lipinski definition) is 4. The van der Waals surface area contributed by atoms with E-state index in [4.69, 9.17) is 10.5 Å². The van der Waals surface area contributed by atoms with Gasteiger partial charge in [-0.25, -0.2) is 0 Å². The van der Waals surface area contributed by atoms with E-state index in [1.807, 2.05) is 37.4 Å². The van der Waals surface area contributed by atoms with Crippen LogP contribution in [0.15, 0.2) is 36.7 Å². The molecule has 0 aliphatic carbocycles. The molecular weight excluding hydrogens is 216 g/mol. The van der Waals surface area contributed by atoms with Crippen LogP contribution < -0.4 is 5.73 Å². The minimum Gasteiger partial charge on any atom is -0.375 e. The summed E-state index contributed by atoms with van der Waals surface area (Å²) in [6, 6.07) is 9.75. The maximum absolute atomic E-state index is 5.96. The summed E-state index contributed by atoms with van der Waals surface area (Å²) in [6.45, 7) is 0.994. The highest BCUT2D eigenvalue weighted by atomic mass is 16.5. The van der Waals surface area contributed by atoms with E-state index in [1.165, 1.54) is 0 Å². The molecule has 0 bridgehead atoms. The van der Waals surface area contributed by atoms with Gasteiger partial charge < -0.3 is 15.0 Å². The largest absolute Gasteiger partial charge is 0.375 e. The topological polar surface area (TPSA) is 66.0 Å². The van der Waals surface area contributed by atoms with Crippen molar-refractivity contribution in [3.63, 3.8) is 0 Å². The zero-order chi connectivity index (χ0) is 12.1. The van der Waals surface area contributed by atoms with E-state index < -0.39 is 0 Å². The number of hydrogen-bond donors (Lipinski definition) is 1. The highest BCUT2D eigenvalue weighted by molar-refractivity contribution is 5.13. The van der Waals surface area contributed by atoms with Gasteiger partial charge >= 0.3 is 0 Å². The molecule has 1 aromatic heterocycles. The maximum atomic E-state index is 5.96. The predicted molar refractivity (Wildman–Crippen MR) is 64.0 cm³/mol. The fourth-order valence-electron chi connectivity index (χ4n) is 1.58. The van der Waals surface area contributed by atoms with Crippen LogP contribution in [0.2, 0.25) is 0 Å². The van der Waals surface area contributed by atoms with E-state index in [9.17, 15) is 0 Å². The lowest BCUT2D eigenvalue weighted by molar-refractivity contribution is 0.105. The molecule has 0 saturated heterocycles. The number of nitrogens with zero attached hydrogens (tertiary/aromatic N) is 3. The monoisotopic (exact) mass is 232 g/mol. The molecule has 0 spiro atoms. The van der Waals surface area contributed by atoms with Crippen LogP contribution in [0.25, 0.3) is 0 Å². The van der Waals surface area contributed by atoms with E-state index in [0.717, 1.165) is 11.4 Å². The molecule has 1 aromatic carbocycles. The first-order valence-corrected chi connectivity index (χ1v) is 5.48. The lowest BCUT2D eigenvalue weighted by Gasteiger charge is -2.11. The zero-order valence-corrected chi connectivity index (χ0v) is 9.78. The minimum absolute atomic E-state index is 0.244. The van der Waals surface area contributed by atoms with Crippen molar-refractivity contribution < 1.29 is 4.74 Å². The van der Waals surface area contributed by atoms with Crippen LogP contribution in [0.4, 0.5) is 0 Å². The van der Waals surface area contributed by atoms with Gasteiger partial charge in [-0.3, -0.25) is 0 Å². The Bertz CT molecular complexity index is 455. The summed E-state index contributed by atoms with van der Waals surface area (Å²) >= 11 is 0. The molecule has 0 aliphatic rings. The first-order valence-electron chi connectivity index (χ1n) is 5.48. The summed E-state index contributed by atoms with van der Waals surface area (Å²) in [5.41, 5.74) is 7.09. The van der Waals surface area contributed by atoms with E-state index >= 15 is 0 Å². The molecule has 17 heavy (non-hydrogen) atoms. The van der Waals surface area contributed by atoms with Crippen molar-refractivity contribution in [2.45, 2.75) is 12.6 Å². The molecule has 90 valence electrons. The molecule has 5 nitrogen and oxygen atoms in total. The second-order valence-corrected chi connectivity index (χ2v) is 3.91. The van der Waals surface area contributed by atoms with E-state index in [2.05, 4.69) is 10.2 Å². The Labute approximate surface area is 100 Å². The van der Waals surface area contributed by atoms with Gasteiger partial charge in [0.1, 0.15) is 6.33 Å². The quantitative estimate of drug-likeness (QED) is 0.836. The zero-order valence-electron chi connectivity index (χ0n) is 9.78. The molecule has 0 aliphatic heterocycles. The third kappa shape index (κ3) is 3.12. The second kappa shape index (κ2) is 5.56. The summed E-state index contributed by atoms with van der Waals surface area (Å²) in [7, 11) is 1.87. The Morgan fingerprint density at radius 1 is 1.35 bits per heavy atom. The van der Waals surface area contributed by atoms with Crippen molar-refractivity contribution >= 4 is 0 Å². The summed E-state index contributed by atoms with van der Waals surface area (Å²) < 4.78 is 7.36. The van der Waals surface area contributed by atoms with Crippen molar-refractivity contribution in [2.24, 2.45) is 12.8 Å². The Morgan fingerprint density at radius 3 is 2.76 bits per heavy atom. The van der Waals surface area contributed by atoms with Gasteiger partial charge in [-0.1, -0.05) is 30.3 Å². The van der Waals surface area contributed by atoms with Gasteiger partial charge in [-0.15, -0.1) is 10.2 Å². The predicted octanol–water partition coefficient (Wildman–Crippen LogP) is 1.03. The summed E-state index contributed by atoms with van der Waals surface area (Å²) in [4.78, 5) is 0. The smallest absolute Gasteiger partial charge is 0.151 e. The molecule has 1 heterocycles. The highest BCUT2D eigenvalue weighted by Gasteiger charge is 2.11. The lowest BCUT2D eigenvalue weighted by atomic mass is 10.2. The van der Waals surface area contributed by atoms with Crippen molar-refractivity contribution in [1.29, 1.82) is 0 Å². The number of aryl methyl sites for hydroxylation is 1. The molecule has 0 radical (unpaired) electrons. The van der Waals surface area contributed by atoms with Gasteiger partial charge in [0.2, 0.25) is 0 Å². The van der Waals surface area contributed by atoms with Gasteiger partial charge in [0.15, 0.2) is 5.82 Å². The highest BCUT2D eigenvalue weighted by Crippen LogP contribution is 2.07. The molecule has 1 unspecified atom stereocenters. The molecule has 2 rings (SSSR count). The maximum Gasteiger partial charge on any atom is 0.151 e. The SMILES string of the molecule is Cn1cnnc1C(N)COCc1ccccc1. The second-order valence-electron chi connectivity index (χ2n) is 3.91. The van der Waals surface area contributed by atoms with Crippen LogP contribution in [0.3, 0.4) is 0 Å².